The summed E-state index contributed by atoms with van der Waals surface area (Å²) >= 11 is 0. The molecule has 1 saturated heterocycles. The molecule has 0 bridgehead atoms. The molecular weight excluding hydrogens is 432 g/mol. The Balaban J connectivity index is 1.45. The molecule has 9 heteroatoms. The number of β-amino-alcohol motifs (C(OH)–C–C–N with tert-alkyl or cyclic N) is 1. The molecule has 1 fully saturated rings. The van der Waals surface area contributed by atoms with E-state index in [1.807, 2.05) is 35.8 Å². The van der Waals surface area contributed by atoms with Crippen LogP contribution in [0.15, 0.2) is 48.9 Å². The number of carbonyl (C=O) groups is 2. The number of aliphatic hydroxyl groups is 1. The normalized spacial score (nSPS) is 18.6. The van der Waals surface area contributed by atoms with Crippen LogP contribution in [0.5, 0.6) is 0 Å². The molecule has 0 saturated carbocycles. The van der Waals surface area contributed by atoms with Crippen molar-refractivity contribution in [3.8, 4) is 0 Å². The first-order valence-electron chi connectivity index (χ1n) is 11.6. The van der Waals surface area contributed by atoms with Gasteiger partial charge < -0.3 is 19.9 Å². The van der Waals surface area contributed by atoms with E-state index in [4.69, 9.17) is 0 Å². The zero-order valence-corrected chi connectivity index (χ0v) is 19.7. The number of likely N-dealkylation sites (tertiary alicyclic amines) is 1. The number of anilines is 1. The summed E-state index contributed by atoms with van der Waals surface area (Å²) in [5, 5.41) is 20.9. The van der Waals surface area contributed by atoms with E-state index in [1.54, 1.807) is 17.3 Å². The van der Waals surface area contributed by atoms with Crippen LogP contribution in [0.3, 0.4) is 0 Å². The van der Waals surface area contributed by atoms with E-state index in [0.717, 1.165) is 24.4 Å². The van der Waals surface area contributed by atoms with Gasteiger partial charge in [-0.05, 0) is 56.0 Å². The van der Waals surface area contributed by atoms with Crippen LogP contribution in [-0.4, -0.2) is 60.3 Å². The van der Waals surface area contributed by atoms with Gasteiger partial charge in [-0.2, -0.15) is 0 Å². The standard InChI is InChI=1S/C25H30N6O3/c1-4-30-15-27-29-23(30)10-16(2)18-6-5-7-20(12-18)28-24(33)22-13-19(8-9-26-22)25(34)31-14-21(32)11-17(31)3/h5-9,12-13,15-17,21,32H,4,10-11,14H2,1-3H3,(H,28,33)/t16?,17-,21+/m1/s1. The Morgan fingerprint density at radius 3 is 2.82 bits per heavy atom. The lowest BCUT2D eigenvalue weighted by Crippen LogP contribution is -2.34. The van der Waals surface area contributed by atoms with Gasteiger partial charge in [0.25, 0.3) is 11.8 Å². The molecule has 2 amide bonds. The van der Waals surface area contributed by atoms with Gasteiger partial charge in [-0.25, -0.2) is 0 Å². The zero-order chi connectivity index (χ0) is 24.2. The van der Waals surface area contributed by atoms with Gasteiger partial charge >= 0.3 is 0 Å². The number of pyridine rings is 1. The predicted molar refractivity (Wildman–Crippen MR) is 128 cm³/mol. The van der Waals surface area contributed by atoms with Crippen LogP contribution >= 0.6 is 0 Å². The van der Waals surface area contributed by atoms with Gasteiger partial charge in [-0.1, -0.05) is 19.1 Å². The minimum Gasteiger partial charge on any atom is -0.391 e. The third-order valence-electron chi connectivity index (χ3n) is 6.29. The molecule has 1 aliphatic rings. The van der Waals surface area contributed by atoms with Crippen LogP contribution < -0.4 is 5.32 Å². The Morgan fingerprint density at radius 2 is 2.09 bits per heavy atom. The minimum atomic E-state index is -0.517. The molecule has 3 atom stereocenters. The van der Waals surface area contributed by atoms with E-state index >= 15 is 0 Å². The van der Waals surface area contributed by atoms with E-state index in [9.17, 15) is 14.7 Å². The maximum Gasteiger partial charge on any atom is 0.274 e. The predicted octanol–water partition coefficient (Wildman–Crippen LogP) is 2.89. The number of hydrogen-bond donors (Lipinski definition) is 2. The molecule has 34 heavy (non-hydrogen) atoms. The molecule has 0 radical (unpaired) electrons. The number of aliphatic hydroxyl groups excluding tert-OH is 1. The molecule has 3 aromatic rings. The highest BCUT2D eigenvalue weighted by molar-refractivity contribution is 6.04. The van der Waals surface area contributed by atoms with Crippen LogP contribution in [0, 0.1) is 0 Å². The van der Waals surface area contributed by atoms with Crippen LogP contribution in [0.4, 0.5) is 5.69 Å². The molecule has 0 spiro atoms. The lowest BCUT2D eigenvalue weighted by atomic mass is 9.97. The van der Waals surface area contributed by atoms with Crippen molar-refractivity contribution in [3.63, 3.8) is 0 Å². The second-order valence-electron chi connectivity index (χ2n) is 8.84. The SMILES string of the molecule is CCn1cnnc1CC(C)c1cccc(NC(=O)c2cc(C(=O)N3C[C@@H](O)C[C@H]3C)ccn2)c1. The van der Waals surface area contributed by atoms with E-state index < -0.39 is 6.10 Å². The van der Waals surface area contributed by atoms with Gasteiger partial charge in [0.2, 0.25) is 0 Å². The fraction of sp³-hybridized carbons (Fsp3) is 0.400. The highest BCUT2D eigenvalue weighted by atomic mass is 16.3. The number of aromatic nitrogens is 4. The molecule has 9 nitrogen and oxygen atoms in total. The molecule has 4 rings (SSSR count). The summed E-state index contributed by atoms with van der Waals surface area (Å²) in [5.41, 5.74) is 2.26. The largest absolute Gasteiger partial charge is 0.391 e. The lowest BCUT2D eigenvalue weighted by Gasteiger charge is -2.21. The van der Waals surface area contributed by atoms with E-state index in [1.165, 1.54) is 12.3 Å². The summed E-state index contributed by atoms with van der Waals surface area (Å²) in [6.45, 7) is 7.19. The molecular formula is C25H30N6O3. The number of nitrogens with one attached hydrogen (secondary N) is 1. The summed E-state index contributed by atoms with van der Waals surface area (Å²) in [6, 6.07) is 10.7. The van der Waals surface area contributed by atoms with Crippen molar-refractivity contribution in [2.24, 2.45) is 0 Å². The molecule has 3 heterocycles. The van der Waals surface area contributed by atoms with Crippen LogP contribution in [0.2, 0.25) is 0 Å². The summed E-state index contributed by atoms with van der Waals surface area (Å²) in [5.74, 6) is 0.508. The number of amides is 2. The third-order valence-corrected chi connectivity index (χ3v) is 6.29. The van der Waals surface area contributed by atoms with Crippen molar-refractivity contribution in [2.75, 3.05) is 11.9 Å². The summed E-state index contributed by atoms with van der Waals surface area (Å²) in [6.07, 6.45) is 3.96. The van der Waals surface area contributed by atoms with Crippen molar-refractivity contribution in [2.45, 2.75) is 58.2 Å². The number of benzene rings is 1. The first kappa shape index (κ1) is 23.6. The zero-order valence-electron chi connectivity index (χ0n) is 19.7. The Labute approximate surface area is 198 Å². The molecule has 1 aromatic carbocycles. The first-order valence-corrected chi connectivity index (χ1v) is 11.6. The second kappa shape index (κ2) is 10.1. The topological polar surface area (TPSA) is 113 Å². The van der Waals surface area contributed by atoms with E-state index in [2.05, 4.69) is 34.3 Å². The van der Waals surface area contributed by atoms with Crippen molar-refractivity contribution in [1.29, 1.82) is 0 Å². The van der Waals surface area contributed by atoms with E-state index in [0.29, 0.717) is 24.2 Å². The average molecular weight is 463 g/mol. The Hall–Kier alpha value is -3.59. The van der Waals surface area contributed by atoms with Crippen molar-refractivity contribution >= 4 is 17.5 Å². The van der Waals surface area contributed by atoms with Gasteiger partial charge in [0.15, 0.2) is 0 Å². The van der Waals surface area contributed by atoms with Crippen LogP contribution in [0.25, 0.3) is 0 Å². The fourth-order valence-corrected chi connectivity index (χ4v) is 4.35. The molecule has 2 aromatic heterocycles. The lowest BCUT2D eigenvalue weighted by molar-refractivity contribution is 0.0726. The average Bonchev–Trinajstić information content (AvgIpc) is 3.43. The number of hydrogen-bond acceptors (Lipinski definition) is 6. The summed E-state index contributed by atoms with van der Waals surface area (Å²) < 4.78 is 2.02. The fourth-order valence-electron chi connectivity index (χ4n) is 4.35. The minimum absolute atomic E-state index is 0.0520. The van der Waals surface area contributed by atoms with Crippen molar-refractivity contribution in [3.05, 3.63) is 71.6 Å². The van der Waals surface area contributed by atoms with Crippen LogP contribution in [0.1, 0.15) is 65.3 Å². The Bertz CT molecular complexity index is 1180. The summed E-state index contributed by atoms with van der Waals surface area (Å²) in [7, 11) is 0. The third kappa shape index (κ3) is 5.14. The number of rotatable bonds is 7. The highest BCUT2D eigenvalue weighted by Crippen LogP contribution is 2.23. The van der Waals surface area contributed by atoms with Crippen LogP contribution in [-0.2, 0) is 13.0 Å². The number of aryl methyl sites for hydroxylation is 1. The van der Waals surface area contributed by atoms with Gasteiger partial charge in [0.1, 0.15) is 17.8 Å². The van der Waals surface area contributed by atoms with Crippen molar-refractivity contribution < 1.29 is 14.7 Å². The monoisotopic (exact) mass is 462 g/mol. The quantitative estimate of drug-likeness (QED) is 0.558. The van der Waals surface area contributed by atoms with Crippen molar-refractivity contribution in [1.82, 2.24) is 24.6 Å². The highest BCUT2D eigenvalue weighted by Gasteiger charge is 2.32. The van der Waals surface area contributed by atoms with Gasteiger partial charge in [0, 0.05) is 43.0 Å². The number of carbonyl (C=O) groups excluding carboxylic acids is 2. The maximum absolute atomic E-state index is 12.9. The smallest absolute Gasteiger partial charge is 0.274 e. The molecule has 0 aliphatic carbocycles. The molecule has 2 N–H and O–H groups in total. The van der Waals surface area contributed by atoms with Gasteiger partial charge in [-0.3, -0.25) is 14.6 Å². The Kier molecular flexibility index (Phi) is 7.02. The number of nitrogens with zero attached hydrogens (tertiary/aromatic N) is 5. The van der Waals surface area contributed by atoms with Gasteiger partial charge in [0.05, 0.1) is 6.10 Å². The van der Waals surface area contributed by atoms with E-state index in [-0.39, 0.29) is 29.5 Å². The Morgan fingerprint density at radius 1 is 1.26 bits per heavy atom. The molecule has 178 valence electrons. The maximum atomic E-state index is 12.9. The summed E-state index contributed by atoms with van der Waals surface area (Å²) in [4.78, 5) is 31.5. The van der Waals surface area contributed by atoms with Gasteiger partial charge in [-0.15, -0.1) is 10.2 Å². The second-order valence-corrected chi connectivity index (χ2v) is 8.84. The molecule has 1 aliphatic heterocycles. The first-order chi connectivity index (χ1) is 16.4. The molecule has 1 unspecified atom stereocenters.